The fourth-order valence-corrected chi connectivity index (χ4v) is 2.15. The Kier molecular flexibility index (Phi) is 4.53. The zero-order chi connectivity index (χ0) is 15.5. The van der Waals surface area contributed by atoms with Crippen LogP contribution < -0.4 is 10.1 Å². The Balaban J connectivity index is 2.21. The lowest BCUT2D eigenvalue weighted by Gasteiger charge is -2.18. The van der Waals surface area contributed by atoms with Crippen molar-refractivity contribution in [1.82, 2.24) is 5.32 Å². The molecule has 2 nitrogen and oxygen atoms in total. The molecular formula is C16H16F3NO. The van der Waals surface area contributed by atoms with Crippen molar-refractivity contribution in [3.63, 3.8) is 0 Å². The molecule has 5 heteroatoms. The number of rotatable bonds is 4. The molecule has 0 aliphatic rings. The van der Waals surface area contributed by atoms with Gasteiger partial charge in [0.2, 0.25) is 0 Å². The van der Waals surface area contributed by atoms with Crippen LogP contribution in [0, 0.1) is 6.92 Å². The maximum atomic E-state index is 12.1. The lowest BCUT2D eigenvalue weighted by atomic mass is 9.98. The van der Waals surface area contributed by atoms with Crippen LogP contribution >= 0.6 is 0 Å². The van der Waals surface area contributed by atoms with Gasteiger partial charge >= 0.3 is 6.36 Å². The van der Waals surface area contributed by atoms with Gasteiger partial charge in [-0.25, -0.2) is 0 Å². The maximum Gasteiger partial charge on any atom is 0.573 e. The van der Waals surface area contributed by atoms with E-state index in [2.05, 4.69) is 10.1 Å². The second kappa shape index (κ2) is 6.18. The first kappa shape index (κ1) is 15.4. The summed E-state index contributed by atoms with van der Waals surface area (Å²) < 4.78 is 40.3. The maximum absolute atomic E-state index is 12.1. The third kappa shape index (κ3) is 4.23. The SMILES string of the molecule is CNC(c1ccc(C)cc1)c1ccc(OC(F)(F)F)cc1. The van der Waals surface area contributed by atoms with Crippen molar-refractivity contribution in [3.05, 3.63) is 65.2 Å². The minimum absolute atomic E-state index is 0.0782. The van der Waals surface area contributed by atoms with Gasteiger partial charge in [0.25, 0.3) is 0 Å². The van der Waals surface area contributed by atoms with Crippen LogP contribution in [0.3, 0.4) is 0 Å². The third-order valence-electron chi connectivity index (χ3n) is 3.15. The largest absolute Gasteiger partial charge is 0.573 e. The zero-order valence-electron chi connectivity index (χ0n) is 11.7. The van der Waals surface area contributed by atoms with Crippen LogP contribution in [0.15, 0.2) is 48.5 Å². The van der Waals surface area contributed by atoms with Gasteiger partial charge in [-0.1, -0.05) is 42.0 Å². The Morgan fingerprint density at radius 2 is 1.38 bits per heavy atom. The monoisotopic (exact) mass is 295 g/mol. The Morgan fingerprint density at radius 3 is 1.81 bits per heavy atom. The van der Waals surface area contributed by atoms with E-state index in [1.54, 1.807) is 12.1 Å². The molecule has 2 rings (SSSR count). The smallest absolute Gasteiger partial charge is 0.406 e. The van der Waals surface area contributed by atoms with Gasteiger partial charge in [0.1, 0.15) is 5.75 Å². The van der Waals surface area contributed by atoms with E-state index < -0.39 is 6.36 Å². The molecule has 1 N–H and O–H groups in total. The lowest BCUT2D eigenvalue weighted by molar-refractivity contribution is -0.274. The van der Waals surface area contributed by atoms with Crippen molar-refractivity contribution in [3.8, 4) is 5.75 Å². The summed E-state index contributed by atoms with van der Waals surface area (Å²) in [5.41, 5.74) is 3.07. The third-order valence-corrected chi connectivity index (χ3v) is 3.15. The molecule has 112 valence electrons. The van der Waals surface area contributed by atoms with Crippen LogP contribution in [0.2, 0.25) is 0 Å². The fourth-order valence-electron chi connectivity index (χ4n) is 2.15. The molecule has 2 aromatic carbocycles. The molecule has 0 aromatic heterocycles. The van der Waals surface area contributed by atoms with E-state index in [-0.39, 0.29) is 11.8 Å². The number of hydrogen-bond acceptors (Lipinski definition) is 2. The number of ether oxygens (including phenoxy) is 1. The molecule has 21 heavy (non-hydrogen) atoms. The first-order valence-corrected chi connectivity index (χ1v) is 6.48. The van der Waals surface area contributed by atoms with Crippen molar-refractivity contribution in [2.24, 2.45) is 0 Å². The van der Waals surface area contributed by atoms with Crippen molar-refractivity contribution >= 4 is 0 Å². The number of nitrogens with one attached hydrogen (secondary N) is 1. The number of halogens is 3. The highest BCUT2D eigenvalue weighted by Gasteiger charge is 2.31. The fraction of sp³-hybridized carbons (Fsp3) is 0.250. The summed E-state index contributed by atoms with van der Waals surface area (Å²) in [5, 5.41) is 3.16. The van der Waals surface area contributed by atoms with Crippen molar-refractivity contribution in [1.29, 1.82) is 0 Å². The number of benzene rings is 2. The Bertz CT molecular complexity index is 576. The molecule has 0 fully saturated rings. The zero-order valence-corrected chi connectivity index (χ0v) is 11.7. The van der Waals surface area contributed by atoms with Gasteiger partial charge in [0.15, 0.2) is 0 Å². The second-order valence-corrected chi connectivity index (χ2v) is 4.75. The topological polar surface area (TPSA) is 21.3 Å². The highest BCUT2D eigenvalue weighted by Crippen LogP contribution is 2.27. The Morgan fingerprint density at radius 1 is 0.905 bits per heavy atom. The quantitative estimate of drug-likeness (QED) is 0.912. The molecule has 2 aromatic rings. The van der Waals surface area contributed by atoms with Crippen LogP contribution in [0.1, 0.15) is 22.7 Å². The summed E-state index contributed by atoms with van der Waals surface area (Å²) in [5.74, 6) is -0.218. The van der Waals surface area contributed by atoms with E-state index >= 15 is 0 Å². The molecule has 0 radical (unpaired) electrons. The summed E-state index contributed by atoms with van der Waals surface area (Å²) in [6.07, 6.45) is -4.67. The van der Waals surface area contributed by atoms with E-state index in [1.807, 2.05) is 38.2 Å². The Labute approximate surface area is 121 Å². The van der Waals surface area contributed by atoms with E-state index in [9.17, 15) is 13.2 Å². The van der Waals surface area contributed by atoms with Crippen LogP contribution in [0.5, 0.6) is 5.75 Å². The van der Waals surface area contributed by atoms with Gasteiger partial charge < -0.3 is 10.1 Å². The minimum atomic E-state index is -4.67. The highest BCUT2D eigenvalue weighted by molar-refractivity contribution is 5.36. The predicted octanol–water partition coefficient (Wildman–Crippen LogP) is 4.20. The average Bonchev–Trinajstić information content (AvgIpc) is 2.42. The molecule has 0 aliphatic heterocycles. The molecular weight excluding hydrogens is 279 g/mol. The summed E-state index contributed by atoms with van der Waals surface area (Å²) in [7, 11) is 1.81. The van der Waals surface area contributed by atoms with Gasteiger partial charge in [0, 0.05) is 0 Å². The molecule has 0 saturated heterocycles. The van der Waals surface area contributed by atoms with Crippen molar-refractivity contribution in [2.45, 2.75) is 19.3 Å². The van der Waals surface area contributed by atoms with Gasteiger partial charge in [-0.15, -0.1) is 13.2 Å². The summed E-state index contributed by atoms with van der Waals surface area (Å²) in [6.45, 7) is 2.00. The van der Waals surface area contributed by atoms with Gasteiger partial charge in [0.05, 0.1) is 6.04 Å². The molecule has 1 atom stereocenters. The first-order valence-electron chi connectivity index (χ1n) is 6.48. The van der Waals surface area contributed by atoms with Crippen LogP contribution in [0.4, 0.5) is 13.2 Å². The number of aryl methyl sites for hydroxylation is 1. The number of alkyl halides is 3. The van der Waals surface area contributed by atoms with E-state index in [0.29, 0.717) is 0 Å². The molecule has 0 bridgehead atoms. The minimum Gasteiger partial charge on any atom is -0.406 e. The molecule has 0 spiro atoms. The standard InChI is InChI=1S/C16H16F3NO/c1-11-3-5-12(6-4-11)15(20-2)13-7-9-14(10-8-13)21-16(17,18)19/h3-10,15,20H,1-2H3. The first-order chi connectivity index (χ1) is 9.89. The summed E-state index contributed by atoms with van der Waals surface area (Å²) in [4.78, 5) is 0. The predicted molar refractivity (Wildman–Crippen MR) is 75.2 cm³/mol. The molecule has 1 unspecified atom stereocenters. The highest BCUT2D eigenvalue weighted by atomic mass is 19.4. The van der Waals surface area contributed by atoms with Crippen molar-refractivity contribution < 1.29 is 17.9 Å². The summed E-state index contributed by atoms with van der Waals surface area (Å²) in [6, 6.07) is 13.8. The van der Waals surface area contributed by atoms with Gasteiger partial charge in [-0.2, -0.15) is 0 Å². The number of hydrogen-bond donors (Lipinski definition) is 1. The molecule has 0 amide bonds. The van der Waals surface area contributed by atoms with E-state index in [1.165, 1.54) is 12.1 Å². The second-order valence-electron chi connectivity index (χ2n) is 4.75. The summed E-state index contributed by atoms with van der Waals surface area (Å²) >= 11 is 0. The molecule has 0 saturated carbocycles. The van der Waals surface area contributed by atoms with Crippen LogP contribution in [0.25, 0.3) is 0 Å². The van der Waals surface area contributed by atoms with E-state index in [4.69, 9.17) is 0 Å². The van der Waals surface area contributed by atoms with Gasteiger partial charge in [-0.3, -0.25) is 0 Å². The molecule has 0 aliphatic carbocycles. The van der Waals surface area contributed by atoms with Crippen molar-refractivity contribution in [2.75, 3.05) is 7.05 Å². The normalized spacial score (nSPS) is 13.0. The Hall–Kier alpha value is -2.01. The lowest BCUT2D eigenvalue weighted by Crippen LogP contribution is -2.18. The van der Waals surface area contributed by atoms with Crippen LogP contribution in [-0.4, -0.2) is 13.4 Å². The average molecular weight is 295 g/mol. The van der Waals surface area contributed by atoms with E-state index in [0.717, 1.165) is 16.7 Å². The molecule has 0 heterocycles. The van der Waals surface area contributed by atoms with Gasteiger partial charge in [-0.05, 0) is 37.2 Å². The van der Waals surface area contributed by atoms with Crippen LogP contribution in [-0.2, 0) is 0 Å².